The minimum atomic E-state index is -4.72. The molecule has 0 amide bonds. The normalized spacial score (nSPS) is 19.5. The smallest absolute Gasteiger partial charge is 0.475 e. The van der Waals surface area contributed by atoms with Crippen molar-refractivity contribution in [2.75, 3.05) is 6.61 Å². The fourth-order valence-electron chi connectivity index (χ4n) is 1.59. The average molecular weight is 349 g/mol. The lowest BCUT2D eigenvalue weighted by Gasteiger charge is -2.10. The number of benzene rings is 1. The largest absolute Gasteiger partial charge is 0.573 e. The van der Waals surface area contributed by atoms with Gasteiger partial charge in [-0.2, -0.15) is 0 Å². The van der Waals surface area contributed by atoms with Crippen LogP contribution in [0.4, 0.5) is 13.2 Å². The Kier molecular flexibility index (Phi) is 4.27. The van der Waals surface area contributed by atoms with Crippen LogP contribution in [0.2, 0.25) is 0 Å². The molecular formula is C11H7Cl3F3NO2. The molecule has 0 radical (unpaired) electrons. The van der Waals surface area contributed by atoms with E-state index in [4.69, 9.17) is 39.5 Å². The zero-order valence-corrected chi connectivity index (χ0v) is 11.9. The highest BCUT2D eigenvalue weighted by Crippen LogP contribution is 2.35. The van der Waals surface area contributed by atoms with E-state index in [1.54, 1.807) is 0 Å². The Morgan fingerprint density at radius 3 is 2.20 bits per heavy atom. The summed E-state index contributed by atoms with van der Waals surface area (Å²) in [5, 5.41) is 0. The third-order valence-electron chi connectivity index (χ3n) is 2.39. The SMILES string of the molecule is FC(F)(F)Oc1ccc(C2COC(C(Cl)(Cl)Cl)=N2)cc1. The van der Waals surface area contributed by atoms with E-state index < -0.39 is 16.2 Å². The highest BCUT2D eigenvalue weighted by Gasteiger charge is 2.36. The zero-order chi connectivity index (χ0) is 15.0. The first-order valence-electron chi connectivity index (χ1n) is 5.29. The van der Waals surface area contributed by atoms with E-state index in [1.807, 2.05) is 0 Å². The van der Waals surface area contributed by atoms with Gasteiger partial charge in [-0.05, 0) is 17.7 Å². The predicted molar refractivity (Wildman–Crippen MR) is 69.5 cm³/mol. The molecule has 0 aliphatic carbocycles. The molecule has 20 heavy (non-hydrogen) atoms. The highest BCUT2D eigenvalue weighted by atomic mass is 35.6. The van der Waals surface area contributed by atoms with Crippen molar-refractivity contribution in [1.29, 1.82) is 0 Å². The van der Waals surface area contributed by atoms with Crippen LogP contribution in [-0.2, 0) is 4.74 Å². The molecule has 2 rings (SSSR count). The maximum absolute atomic E-state index is 12.0. The molecule has 1 aliphatic rings. The second kappa shape index (κ2) is 5.50. The first-order valence-corrected chi connectivity index (χ1v) is 6.42. The first-order chi connectivity index (χ1) is 9.15. The Morgan fingerprint density at radius 2 is 1.75 bits per heavy atom. The van der Waals surface area contributed by atoms with Gasteiger partial charge >= 0.3 is 6.36 Å². The third-order valence-corrected chi connectivity index (χ3v) is 2.88. The van der Waals surface area contributed by atoms with Crippen LogP contribution in [0.5, 0.6) is 5.75 Å². The molecule has 3 nitrogen and oxygen atoms in total. The quantitative estimate of drug-likeness (QED) is 0.741. The molecule has 9 heteroatoms. The lowest BCUT2D eigenvalue weighted by Crippen LogP contribution is -2.18. The van der Waals surface area contributed by atoms with Gasteiger partial charge in [-0.15, -0.1) is 13.2 Å². The van der Waals surface area contributed by atoms with Crippen LogP contribution in [0.15, 0.2) is 29.3 Å². The molecule has 1 atom stereocenters. The number of rotatable bonds is 2. The maximum atomic E-state index is 12.0. The second-order valence-corrected chi connectivity index (χ2v) is 6.16. The third kappa shape index (κ3) is 4.07. The maximum Gasteiger partial charge on any atom is 0.573 e. The van der Waals surface area contributed by atoms with E-state index in [0.717, 1.165) is 0 Å². The van der Waals surface area contributed by atoms with Crippen molar-refractivity contribution in [2.24, 2.45) is 4.99 Å². The number of halogens is 6. The monoisotopic (exact) mass is 347 g/mol. The summed E-state index contributed by atoms with van der Waals surface area (Å²) >= 11 is 16.9. The number of hydrogen-bond donors (Lipinski definition) is 0. The zero-order valence-electron chi connectivity index (χ0n) is 9.63. The van der Waals surface area contributed by atoms with Gasteiger partial charge in [-0.3, -0.25) is 0 Å². The highest BCUT2D eigenvalue weighted by molar-refractivity contribution is 6.76. The Balaban J connectivity index is 2.10. The second-order valence-electron chi connectivity index (χ2n) is 3.88. The van der Waals surface area contributed by atoms with Gasteiger partial charge in [0.2, 0.25) is 5.90 Å². The summed E-state index contributed by atoms with van der Waals surface area (Å²) in [5.41, 5.74) is 0.628. The minimum absolute atomic E-state index is 0.0388. The van der Waals surface area contributed by atoms with Crippen LogP contribution >= 0.6 is 34.8 Å². The number of alkyl halides is 6. The lowest BCUT2D eigenvalue weighted by molar-refractivity contribution is -0.274. The van der Waals surface area contributed by atoms with Gasteiger partial charge in [0.05, 0.1) is 0 Å². The molecule has 0 bridgehead atoms. The average Bonchev–Trinajstić information content (AvgIpc) is 2.76. The van der Waals surface area contributed by atoms with E-state index in [-0.39, 0.29) is 18.3 Å². The van der Waals surface area contributed by atoms with Gasteiger partial charge in [0.15, 0.2) is 0 Å². The van der Waals surface area contributed by atoms with Crippen molar-refractivity contribution < 1.29 is 22.6 Å². The molecule has 110 valence electrons. The molecule has 0 N–H and O–H groups in total. The van der Waals surface area contributed by atoms with Crippen LogP contribution in [0.1, 0.15) is 11.6 Å². The molecule has 1 unspecified atom stereocenters. The first kappa shape index (κ1) is 15.5. The summed E-state index contributed by atoms with van der Waals surface area (Å²) in [6, 6.07) is 4.83. The Labute approximate surface area is 127 Å². The molecule has 0 spiro atoms. The topological polar surface area (TPSA) is 30.8 Å². The summed E-state index contributed by atoms with van der Waals surface area (Å²) in [7, 11) is 0. The number of nitrogens with zero attached hydrogens (tertiary/aromatic N) is 1. The van der Waals surface area contributed by atoms with Crippen molar-refractivity contribution in [1.82, 2.24) is 0 Å². The summed E-state index contributed by atoms with van der Waals surface area (Å²) in [6.45, 7) is 0.155. The van der Waals surface area contributed by atoms with Crippen molar-refractivity contribution in [3.8, 4) is 5.75 Å². The van der Waals surface area contributed by atoms with Crippen LogP contribution < -0.4 is 4.74 Å². The Morgan fingerprint density at radius 1 is 1.15 bits per heavy atom. The van der Waals surface area contributed by atoms with Gasteiger partial charge in [-0.1, -0.05) is 46.9 Å². The number of ether oxygens (including phenoxy) is 2. The van der Waals surface area contributed by atoms with Crippen molar-refractivity contribution >= 4 is 40.7 Å². The van der Waals surface area contributed by atoms with Gasteiger partial charge in [0.25, 0.3) is 3.79 Å². The van der Waals surface area contributed by atoms with Crippen LogP contribution in [-0.4, -0.2) is 22.7 Å². The molecular weight excluding hydrogens is 341 g/mol. The molecule has 1 aliphatic heterocycles. The summed E-state index contributed by atoms with van der Waals surface area (Å²) < 4.78 is 43.2. The predicted octanol–water partition coefficient (Wildman–Crippen LogP) is 4.43. The van der Waals surface area contributed by atoms with E-state index in [1.165, 1.54) is 24.3 Å². The van der Waals surface area contributed by atoms with E-state index in [0.29, 0.717) is 5.56 Å². The molecule has 1 heterocycles. The fourth-order valence-corrected chi connectivity index (χ4v) is 1.90. The van der Waals surface area contributed by atoms with E-state index in [2.05, 4.69) is 9.73 Å². The molecule has 0 saturated carbocycles. The van der Waals surface area contributed by atoms with Crippen LogP contribution in [0.3, 0.4) is 0 Å². The molecule has 0 fully saturated rings. The lowest BCUT2D eigenvalue weighted by atomic mass is 10.1. The molecule has 0 saturated heterocycles. The van der Waals surface area contributed by atoms with Gasteiger partial charge < -0.3 is 9.47 Å². The number of hydrogen-bond acceptors (Lipinski definition) is 3. The molecule has 0 aromatic heterocycles. The Hall–Kier alpha value is -0.850. The van der Waals surface area contributed by atoms with Crippen LogP contribution in [0, 0.1) is 0 Å². The van der Waals surface area contributed by atoms with Gasteiger partial charge in [0.1, 0.15) is 18.4 Å². The number of aliphatic imine (C=N–C) groups is 1. The van der Waals surface area contributed by atoms with Gasteiger partial charge in [0, 0.05) is 0 Å². The minimum Gasteiger partial charge on any atom is -0.475 e. The van der Waals surface area contributed by atoms with Crippen molar-refractivity contribution in [3.63, 3.8) is 0 Å². The molecule has 1 aromatic carbocycles. The van der Waals surface area contributed by atoms with Crippen LogP contribution in [0.25, 0.3) is 0 Å². The Bertz CT molecular complexity index is 511. The summed E-state index contributed by atoms with van der Waals surface area (Å²) in [5.74, 6) is -0.353. The van der Waals surface area contributed by atoms with E-state index >= 15 is 0 Å². The van der Waals surface area contributed by atoms with Crippen molar-refractivity contribution in [3.05, 3.63) is 29.8 Å². The summed E-state index contributed by atoms with van der Waals surface area (Å²) in [6.07, 6.45) is -4.72. The van der Waals surface area contributed by atoms with Gasteiger partial charge in [-0.25, -0.2) is 4.99 Å². The standard InChI is InChI=1S/C11H7Cl3F3NO2/c12-10(13,14)9-18-8(5-19-9)6-1-3-7(4-2-6)20-11(15,16)17/h1-4,8H,5H2. The molecule has 1 aromatic rings. The fraction of sp³-hybridized carbons (Fsp3) is 0.364. The van der Waals surface area contributed by atoms with Crippen molar-refractivity contribution in [2.45, 2.75) is 16.2 Å². The summed E-state index contributed by atoms with van der Waals surface area (Å²) in [4.78, 5) is 4.07. The van der Waals surface area contributed by atoms with E-state index in [9.17, 15) is 13.2 Å².